The van der Waals surface area contributed by atoms with E-state index in [1.807, 2.05) is 0 Å². The van der Waals surface area contributed by atoms with E-state index in [0.717, 1.165) is 25.2 Å². The lowest BCUT2D eigenvalue weighted by molar-refractivity contribution is 0.206. The molecule has 0 aliphatic heterocycles. The van der Waals surface area contributed by atoms with E-state index in [9.17, 15) is 4.39 Å². The van der Waals surface area contributed by atoms with Gasteiger partial charge in [0.05, 0.1) is 0 Å². The number of hydrogen-bond acceptors (Lipinski definition) is 1. The van der Waals surface area contributed by atoms with Gasteiger partial charge in [-0.3, -0.25) is 0 Å². The van der Waals surface area contributed by atoms with Crippen LogP contribution in [0, 0.1) is 5.92 Å². The van der Waals surface area contributed by atoms with Crippen molar-refractivity contribution in [3.8, 4) is 0 Å². The van der Waals surface area contributed by atoms with Crippen LogP contribution in [-0.2, 0) is 0 Å². The fraction of sp³-hybridized carbons (Fsp3) is 1.00. The summed E-state index contributed by atoms with van der Waals surface area (Å²) in [4.78, 5) is 0. The summed E-state index contributed by atoms with van der Waals surface area (Å²) in [5.41, 5.74) is 0. The molecule has 0 saturated heterocycles. The lowest BCUT2D eigenvalue weighted by Gasteiger charge is -2.36. The second-order valence-corrected chi connectivity index (χ2v) is 4.44. The summed E-state index contributed by atoms with van der Waals surface area (Å²) in [7, 11) is 0. The zero-order valence-electron chi connectivity index (χ0n) is 7.72. The van der Waals surface area contributed by atoms with Gasteiger partial charge in [0.1, 0.15) is 6.17 Å². The Hall–Kier alpha value is -0.110. The van der Waals surface area contributed by atoms with E-state index in [1.165, 1.54) is 12.8 Å². The Balaban J connectivity index is 1.73. The number of hydrogen-bond donors (Lipinski definition) is 1. The van der Waals surface area contributed by atoms with Crippen LogP contribution in [-0.4, -0.2) is 18.3 Å². The molecule has 0 heterocycles. The second-order valence-electron chi connectivity index (χ2n) is 4.44. The van der Waals surface area contributed by atoms with Crippen molar-refractivity contribution in [1.82, 2.24) is 5.32 Å². The lowest BCUT2D eigenvalue weighted by atomic mass is 9.81. The molecule has 2 fully saturated rings. The van der Waals surface area contributed by atoms with E-state index >= 15 is 0 Å². The summed E-state index contributed by atoms with van der Waals surface area (Å²) in [5, 5.41) is 3.56. The molecule has 2 aliphatic rings. The number of rotatable bonds is 2. The summed E-state index contributed by atoms with van der Waals surface area (Å²) >= 11 is 0. The molecule has 0 aromatic heterocycles. The van der Waals surface area contributed by atoms with Gasteiger partial charge in [0.15, 0.2) is 0 Å². The van der Waals surface area contributed by atoms with Crippen LogP contribution in [0.2, 0.25) is 0 Å². The molecular formula is C10H18FN. The van der Waals surface area contributed by atoms with Gasteiger partial charge in [-0.2, -0.15) is 0 Å². The maximum absolute atomic E-state index is 12.8. The molecule has 0 aromatic carbocycles. The Labute approximate surface area is 73.7 Å². The molecule has 0 amide bonds. The van der Waals surface area contributed by atoms with Crippen molar-refractivity contribution in [3.05, 3.63) is 0 Å². The predicted octanol–water partition coefficient (Wildman–Crippen LogP) is 2.27. The van der Waals surface area contributed by atoms with Crippen molar-refractivity contribution in [2.75, 3.05) is 0 Å². The first-order valence-electron chi connectivity index (χ1n) is 5.16. The van der Waals surface area contributed by atoms with E-state index in [1.54, 1.807) is 0 Å². The fourth-order valence-corrected chi connectivity index (χ4v) is 2.29. The monoisotopic (exact) mass is 171 g/mol. The van der Waals surface area contributed by atoms with E-state index < -0.39 is 6.17 Å². The first-order valence-corrected chi connectivity index (χ1v) is 5.16. The average Bonchev–Trinajstić information content (AvgIpc) is 2.44. The number of nitrogens with one attached hydrogen (secondary N) is 1. The normalized spacial score (nSPS) is 47.5. The van der Waals surface area contributed by atoms with Crippen molar-refractivity contribution in [2.45, 2.75) is 57.3 Å². The number of halogens is 1. The van der Waals surface area contributed by atoms with E-state index in [-0.39, 0.29) is 0 Å². The molecule has 4 unspecified atom stereocenters. The van der Waals surface area contributed by atoms with E-state index in [2.05, 4.69) is 12.2 Å². The summed E-state index contributed by atoms with van der Waals surface area (Å²) < 4.78 is 12.8. The van der Waals surface area contributed by atoms with E-state index in [0.29, 0.717) is 12.1 Å². The Morgan fingerprint density at radius 3 is 2.42 bits per heavy atom. The van der Waals surface area contributed by atoms with Crippen molar-refractivity contribution < 1.29 is 4.39 Å². The molecule has 4 atom stereocenters. The van der Waals surface area contributed by atoms with Crippen molar-refractivity contribution in [3.63, 3.8) is 0 Å². The zero-order valence-corrected chi connectivity index (χ0v) is 7.72. The highest BCUT2D eigenvalue weighted by Gasteiger charge is 2.31. The molecule has 0 radical (unpaired) electrons. The number of alkyl halides is 1. The predicted molar refractivity (Wildman–Crippen MR) is 47.9 cm³/mol. The minimum Gasteiger partial charge on any atom is -0.311 e. The van der Waals surface area contributed by atoms with Gasteiger partial charge >= 0.3 is 0 Å². The van der Waals surface area contributed by atoms with Crippen molar-refractivity contribution in [2.24, 2.45) is 5.92 Å². The van der Waals surface area contributed by atoms with Gasteiger partial charge in [-0.05, 0) is 38.0 Å². The molecule has 2 rings (SSSR count). The highest BCUT2D eigenvalue weighted by molar-refractivity contribution is 4.89. The van der Waals surface area contributed by atoms with Gasteiger partial charge in [0.2, 0.25) is 0 Å². The second kappa shape index (κ2) is 3.33. The van der Waals surface area contributed by atoms with Gasteiger partial charge < -0.3 is 5.32 Å². The SMILES string of the molecule is CC1CCC1NC1CCC(F)C1. The largest absolute Gasteiger partial charge is 0.311 e. The van der Waals surface area contributed by atoms with E-state index in [4.69, 9.17) is 0 Å². The Morgan fingerprint density at radius 2 is 2.00 bits per heavy atom. The van der Waals surface area contributed by atoms with Crippen LogP contribution in [0.15, 0.2) is 0 Å². The highest BCUT2D eigenvalue weighted by Crippen LogP contribution is 2.30. The third-order valence-corrected chi connectivity index (χ3v) is 3.44. The van der Waals surface area contributed by atoms with Crippen LogP contribution < -0.4 is 5.32 Å². The zero-order chi connectivity index (χ0) is 8.55. The first kappa shape index (κ1) is 8.49. The molecule has 0 aromatic rings. The summed E-state index contributed by atoms with van der Waals surface area (Å²) in [6.45, 7) is 2.28. The van der Waals surface area contributed by atoms with Crippen LogP contribution in [0.25, 0.3) is 0 Å². The standard InChI is InChI=1S/C10H18FN/c1-7-2-5-10(7)12-9-4-3-8(11)6-9/h7-10,12H,2-6H2,1H3. The van der Waals surface area contributed by atoms with Gasteiger partial charge in [0, 0.05) is 12.1 Å². The van der Waals surface area contributed by atoms with Crippen molar-refractivity contribution in [1.29, 1.82) is 0 Å². The molecular weight excluding hydrogens is 153 g/mol. The molecule has 2 heteroatoms. The average molecular weight is 171 g/mol. The Kier molecular flexibility index (Phi) is 2.35. The summed E-state index contributed by atoms with van der Waals surface area (Å²) in [6, 6.07) is 1.17. The van der Waals surface area contributed by atoms with Crippen LogP contribution in [0.3, 0.4) is 0 Å². The maximum atomic E-state index is 12.8. The minimum absolute atomic E-state index is 0.479. The summed E-state index contributed by atoms with van der Waals surface area (Å²) in [5.74, 6) is 0.823. The molecule has 2 saturated carbocycles. The molecule has 0 bridgehead atoms. The van der Waals surface area contributed by atoms with Crippen LogP contribution in [0.5, 0.6) is 0 Å². The Bertz CT molecular complexity index is 160. The highest BCUT2D eigenvalue weighted by atomic mass is 19.1. The van der Waals surface area contributed by atoms with Gasteiger partial charge in [-0.25, -0.2) is 4.39 Å². The maximum Gasteiger partial charge on any atom is 0.102 e. The fourth-order valence-electron chi connectivity index (χ4n) is 2.29. The minimum atomic E-state index is -0.530. The molecule has 0 spiro atoms. The van der Waals surface area contributed by atoms with Gasteiger partial charge in [-0.15, -0.1) is 0 Å². The molecule has 1 N–H and O–H groups in total. The van der Waals surface area contributed by atoms with Crippen LogP contribution >= 0.6 is 0 Å². The van der Waals surface area contributed by atoms with Gasteiger partial charge in [0.25, 0.3) is 0 Å². The quantitative estimate of drug-likeness (QED) is 0.672. The molecule has 12 heavy (non-hydrogen) atoms. The lowest BCUT2D eigenvalue weighted by Crippen LogP contribution is -2.46. The smallest absolute Gasteiger partial charge is 0.102 e. The van der Waals surface area contributed by atoms with Crippen LogP contribution in [0.4, 0.5) is 4.39 Å². The third kappa shape index (κ3) is 1.63. The summed E-state index contributed by atoms with van der Waals surface area (Å²) in [6.07, 6.45) is 4.70. The topological polar surface area (TPSA) is 12.0 Å². The Morgan fingerprint density at radius 1 is 1.17 bits per heavy atom. The molecule has 70 valence electrons. The third-order valence-electron chi connectivity index (χ3n) is 3.44. The first-order chi connectivity index (χ1) is 5.75. The van der Waals surface area contributed by atoms with Gasteiger partial charge in [-0.1, -0.05) is 6.92 Å². The van der Waals surface area contributed by atoms with Crippen LogP contribution in [0.1, 0.15) is 39.0 Å². The molecule has 2 aliphatic carbocycles. The molecule has 1 nitrogen and oxygen atoms in total. The van der Waals surface area contributed by atoms with Crippen molar-refractivity contribution >= 4 is 0 Å².